The van der Waals surface area contributed by atoms with Gasteiger partial charge in [0, 0.05) is 12.8 Å². The van der Waals surface area contributed by atoms with Crippen molar-refractivity contribution in [2.24, 2.45) is 5.73 Å². The van der Waals surface area contributed by atoms with Gasteiger partial charge in [0.25, 0.3) is 0 Å². The van der Waals surface area contributed by atoms with E-state index < -0.39 is 12.0 Å². The fourth-order valence-electron chi connectivity index (χ4n) is 5.17. The predicted octanol–water partition coefficient (Wildman–Crippen LogP) is 11.1. The minimum Gasteiger partial charge on any atom is -0.480 e. The van der Waals surface area contributed by atoms with Gasteiger partial charge in [0.1, 0.15) is 12.1 Å². The normalized spacial score (nSPS) is 13.8. The Hall–Kier alpha value is -3.71. The number of hydrogen-bond donors (Lipinski definition) is 3. The van der Waals surface area contributed by atoms with Gasteiger partial charge >= 0.3 is 11.9 Å². The summed E-state index contributed by atoms with van der Waals surface area (Å²) >= 11 is 0. The molecule has 0 aromatic carbocycles. The standard InChI is InChI=1S/C45H72N2O5/c1-3-5-7-9-11-13-15-16-17-18-19-20-22-24-26-28-33-39-44(49)52-41(35-30-27-25-23-21-14-12-10-8-6-4-2)36-31-29-32-38-43(48)47-42(45(50)51)37-34-40-46/h5-8,11-14,16-17,19-20,23,25,30,35,41-42H,3-4,9-10,15,18,21-22,24,26-29,31-34,36-40,46H2,1-2H3,(H,47,48)(H,50,51)/b7-5-,8-6-,13-11-,14-12-,17-16-,20-19-,25-23-,35-30-. The zero-order valence-corrected chi connectivity index (χ0v) is 32.6. The molecule has 292 valence electrons. The molecule has 0 rings (SSSR count). The number of amides is 1. The molecular formula is C45H72N2O5. The molecule has 7 nitrogen and oxygen atoms in total. The van der Waals surface area contributed by atoms with E-state index in [-0.39, 0.29) is 24.4 Å². The van der Waals surface area contributed by atoms with Crippen molar-refractivity contribution in [1.29, 1.82) is 0 Å². The second-order valence-corrected chi connectivity index (χ2v) is 12.9. The molecule has 0 heterocycles. The lowest BCUT2D eigenvalue weighted by atomic mass is 10.1. The lowest BCUT2D eigenvalue weighted by molar-refractivity contribution is -0.147. The smallest absolute Gasteiger partial charge is 0.326 e. The van der Waals surface area contributed by atoms with Crippen molar-refractivity contribution in [3.8, 4) is 0 Å². The van der Waals surface area contributed by atoms with E-state index in [1.54, 1.807) is 0 Å². The third-order valence-electron chi connectivity index (χ3n) is 8.13. The van der Waals surface area contributed by atoms with Crippen molar-refractivity contribution in [3.05, 3.63) is 97.2 Å². The molecule has 4 N–H and O–H groups in total. The summed E-state index contributed by atoms with van der Waals surface area (Å²) in [5.41, 5.74) is 5.48. The molecule has 7 heteroatoms. The van der Waals surface area contributed by atoms with Crippen LogP contribution >= 0.6 is 0 Å². The van der Waals surface area contributed by atoms with Crippen LogP contribution in [0.15, 0.2) is 97.2 Å². The molecule has 0 saturated heterocycles. The summed E-state index contributed by atoms with van der Waals surface area (Å²) in [4.78, 5) is 36.4. The first kappa shape index (κ1) is 48.3. The Bertz CT molecular complexity index is 1130. The third kappa shape index (κ3) is 34.7. The molecule has 0 aliphatic rings. The zero-order chi connectivity index (χ0) is 38.2. The first-order valence-corrected chi connectivity index (χ1v) is 20.1. The van der Waals surface area contributed by atoms with Crippen LogP contribution in [0.25, 0.3) is 0 Å². The van der Waals surface area contributed by atoms with Crippen molar-refractivity contribution >= 4 is 17.8 Å². The first-order valence-electron chi connectivity index (χ1n) is 20.1. The molecule has 0 aliphatic carbocycles. The average Bonchev–Trinajstić information content (AvgIpc) is 3.13. The van der Waals surface area contributed by atoms with E-state index in [0.717, 1.165) is 96.3 Å². The maximum Gasteiger partial charge on any atom is 0.326 e. The number of hydrogen-bond acceptors (Lipinski definition) is 5. The van der Waals surface area contributed by atoms with Crippen molar-refractivity contribution in [3.63, 3.8) is 0 Å². The quantitative estimate of drug-likeness (QED) is 0.0346. The van der Waals surface area contributed by atoms with Crippen LogP contribution < -0.4 is 11.1 Å². The number of unbranched alkanes of at least 4 members (excludes halogenated alkanes) is 6. The molecule has 0 fully saturated rings. The van der Waals surface area contributed by atoms with E-state index in [0.29, 0.717) is 38.6 Å². The van der Waals surface area contributed by atoms with Gasteiger partial charge in [0.2, 0.25) is 5.91 Å². The summed E-state index contributed by atoms with van der Waals surface area (Å²) in [5, 5.41) is 11.9. The van der Waals surface area contributed by atoms with Crippen LogP contribution in [0.4, 0.5) is 0 Å². The molecule has 52 heavy (non-hydrogen) atoms. The summed E-state index contributed by atoms with van der Waals surface area (Å²) in [5.74, 6) is -1.46. The maximum absolute atomic E-state index is 12.7. The number of aliphatic carboxylic acids is 1. The van der Waals surface area contributed by atoms with Crippen LogP contribution in [-0.2, 0) is 19.1 Å². The van der Waals surface area contributed by atoms with Crippen molar-refractivity contribution < 1.29 is 24.2 Å². The molecular weight excluding hydrogens is 649 g/mol. The van der Waals surface area contributed by atoms with Crippen LogP contribution in [0.2, 0.25) is 0 Å². The van der Waals surface area contributed by atoms with E-state index in [1.807, 2.05) is 6.08 Å². The van der Waals surface area contributed by atoms with Crippen LogP contribution in [0.5, 0.6) is 0 Å². The van der Waals surface area contributed by atoms with Crippen molar-refractivity contribution in [2.45, 2.75) is 161 Å². The Labute approximate surface area is 317 Å². The Morgan fingerprint density at radius 2 is 1.06 bits per heavy atom. The molecule has 0 aromatic rings. The Kier molecular flexibility index (Phi) is 35.8. The number of carboxylic acids is 1. The minimum atomic E-state index is -1.04. The highest BCUT2D eigenvalue weighted by atomic mass is 16.5. The second-order valence-electron chi connectivity index (χ2n) is 12.9. The van der Waals surface area contributed by atoms with E-state index in [2.05, 4.69) is 110 Å². The number of esters is 1. The Morgan fingerprint density at radius 1 is 0.577 bits per heavy atom. The number of ether oxygens (including phenoxy) is 1. The van der Waals surface area contributed by atoms with Gasteiger partial charge in [-0.3, -0.25) is 9.59 Å². The first-order chi connectivity index (χ1) is 25.4. The highest BCUT2D eigenvalue weighted by Gasteiger charge is 2.19. The topological polar surface area (TPSA) is 119 Å². The van der Waals surface area contributed by atoms with Gasteiger partial charge in [-0.25, -0.2) is 4.79 Å². The van der Waals surface area contributed by atoms with Gasteiger partial charge in [-0.05, 0) is 115 Å². The van der Waals surface area contributed by atoms with Crippen molar-refractivity contribution in [1.82, 2.24) is 5.32 Å². The molecule has 2 unspecified atom stereocenters. The largest absolute Gasteiger partial charge is 0.480 e. The van der Waals surface area contributed by atoms with Crippen LogP contribution in [0, 0.1) is 0 Å². The van der Waals surface area contributed by atoms with Crippen molar-refractivity contribution in [2.75, 3.05) is 6.54 Å². The van der Waals surface area contributed by atoms with E-state index in [9.17, 15) is 19.5 Å². The molecule has 2 atom stereocenters. The number of rotatable bonds is 34. The van der Waals surface area contributed by atoms with E-state index in [1.165, 1.54) is 0 Å². The number of carbonyl (C=O) groups is 3. The third-order valence-corrected chi connectivity index (χ3v) is 8.13. The summed E-state index contributed by atoms with van der Waals surface area (Å²) < 4.78 is 5.87. The number of carbonyl (C=O) groups excluding carboxylic acids is 2. The number of nitrogens with one attached hydrogen (secondary N) is 1. The lowest BCUT2D eigenvalue weighted by Gasteiger charge is -2.15. The Balaban J connectivity index is 4.54. The lowest BCUT2D eigenvalue weighted by Crippen LogP contribution is -2.40. The number of carboxylic acid groups (broad SMARTS) is 1. The number of allylic oxidation sites excluding steroid dienone is 15. The fourth-order valence-corrected chi connectivity index (χ4v) is 5.17. The average molecular weight is 721 g/mol. The maximum atomic E-state index is 12.7. The van der Waals surface area contributed by atoms with Gasteiger partial charge in [-0.15, -0.1) is 0 Å². The Morgan fingerprint density at radius 3 is 1.60 bits per heavy atom. The van der Waals surface area contributed by atoms with Gasteiger partial charge in [-0.1, -0.05) is 124 Å². The summed E-state index contributed by atoms with van der Waals surface area (Å²) in [6.07, 6.45) is 51.7. The molecule has 1 amide bonds. The molecule has 0 aromatic heterocycles. The van der Waals surface area contributed by atoms with E-state index >= 15 is 0 Å². The molecule has 0 saturated carbocycles. The summed E-state index contributed by atoms with van der Waals surface area (Å²) in [6, 6.07) is -0.900. The van der Waals surface area contributed by atoms with Crippen LogP contribution in [0.3, 0.4) is 0 Å². The van der Waals surface area contributed by atoms with Gasteiger partial charge in [0.15, 0.2) is 0 Å². The van der Waals surface area contributed by atoms with Gasteiger partial charge in [-0.2, -0.15) is 0 Å². The van der Waals surface area contributed by atoms with Gasteiger partial charge < -0.3 is 20.9 Å². The van der Waals surface area contributed by atoms with Crippen LogP contribution in [0.1, 0.15) is 149 Å². The highest BCUT2D eigenvalue weighted by molar-refractivity contribution is 5.83. The summed E-state index contributed by atoms with van der Waals surface area (Å²) in [7, 11) is 0. The highest BCUT2D eigenvalue weighted by Crippen LogP contribution is 2.14. The SMILES string of the molecule is CC/C=C\C/C=C\C/C=C\C/C=C\CCCCCCC(=O)OC(/C=C\C/C=C\C/C=C\C/C=C\CC)CCCCCC(=O)NC(CCCN)C(=O)O. The van der Waals surface area contributed by atoms with Crippen LogP contribution in [-0.4, -0.2) is 41.6 Å². The molecule has 0 aliphatic heterocycles. The minimum absolute atomic E-state index is 0.164. The predicted molar refractivity (Wildman–Crippen MR) is 220 cm³/mol. The zero-order valence-electron chi connectivity index (χ0n) is 32.6. The fraction of sp³-hybridized carbons (Fsp3) is 0.578. The van der Waals surface area contributed by atoms with E-state index in [4.69, 9.17) is 10.5 Å². The number of nitrogens with two attached hydrogens (primary N) is 1. The summed E-state index contributed by atoms with van der Waals surface area (Å²) in [6.45, 7) is 4.67. The molecule has 0 bridgehead atoms. The second kappa shape index (κ2) is 38.5. The monoisotopic (exact) mass is 721 g/mol. The molecule has 0 spiro atoms. The molecule has 0 radical (unpaired) electrons. The van der Waals surface area contributed by atoms with Gasteiger partial charge in [0.05, 0.1) is 0 Å².